The van der Waals surface area contributed by atoms with Crippen molar-refractivity contribution >= 4 is 45.9 Å². The van der Waals surface area contributed by atoms with Crippen molar-refractivity contribution in [3.05, 3.63) is 38.7 Å². The SMILES string of the molecule is Cc1ccccc1SCc1nsc(I)n1. The summed E-state index contributed by atoms with van der Waals surface area (Å²) in [6.07, 6.45) is 0. The molecule has 0 saturated carbocycles. The molecule has 0 amide bonds. The fourth-order valence-corrected chi connectivity index (χ4v) is 3.12. The van der Waals surface area contributed by atoms with Crippen LogP contribution in [0.15, 0.2) is 29.2 Å². The quantitative estimate of drug-likeness (QED) is 0.624. The van der Waals surface area contributed by atoms with E-state index in [2.05, 4.69) is 63.1 Å². The number of rotatable bonds is 3. The summed E-state index contributed by atoms with van der Waals surface area (Å²) in [6.45, 7) is 2.13. The molecule has 15 heavy (non-hydrogen) atoms. The lowest BCUT2D eigenvalue weighted by Gasteiger charge is -2.02. The van der Waals surface area contributed by atoms with Crippen molar-refractivity contribution in [2.45, 2.75) is 17.6 Å². The van der Waals surface area contributed by atoms with Crippen LogP contribution in [0.3, 0.4) is 0 Å². The normalized spacial score (nSPS) is 10.5. The second-order valence-electron chi connectivity index (χ2n) is 3.02. The summed E-state index contributed by atoms with van der Waals surface area (Å²) in [4.78, 5) is 5.64. The molecule has 1 aromatic carbocycles. The van der Waals surface area contributed by atoms with Gasteiger partial charge in [-0.1, -0.05) is 18.2 Å². The van der Waals surface area contributed by atoms with E-state index in [4.69, 9.17) is 0 Å². The predicted molar refractivity (Wildman–Crippen MR) is 73.4 cm³/mol. The molecule has 0 fully saturated rings. The Balaban J connectivity index is 2.02. The molecule has 0 bridgehead atoms. The molecule has 0 N–H and O–H groups in total. The molecule has 0 unspecified atom stereocenters. The summed E-state index contributed by atoms with van der Waals surface area (Å²) in [5.41, 5.74) is 1.31. The maximum absolute atomic E-state index is 4.33. The van der Waals surface area contributed by atoms with Gasteiger partial charge in [0.2, 0.25) is 0 Å². The molecule has 0 aliphatic heterocycles. The fraction of sp³-hybridized carbons (Fsp3) is 0.200. The number of nitrogens with zero attached hydrogens (tertiary/aromatic N) is 2. The summed E-state index contributed by atoms with van der Waals surface area (Å²) in [6, 6.07) is 8.38. The number of hydrogen-bond acceptors (Lipinski definition) is 4. The van der Waals surface area contributed by atoms with Crippen molar-refractivity contribution in [2.24, 2.45) is 0 Å². The first kappa shape index (κ1) is 11.3. The van der Waals surface area contributed by atoms with Crippen molar-refractivity contribution in [1.29, 1.82) is 0 Å². The van der Waals surface area contributed by atoms with Crippen LogP contribution in [-0.2, 0) is 5.75 Å². The van der Waals surface area contributed by atoms with Crippen LogP contribution in [0.2, 0.25) is 0 Å². The standard InChI is InChI=1S/C10H9IN2S2/c1-7-4-2-3-5-8(7)14-6-9-12-10(11)15-13-9/h2-5H,6H2,1H3. The average molecular weight is 348 g/mol. The molecule has 2 rings (SSSR count). The Hall–Kier alpha value is -0.140. The zero-order chi connectivity index (χ0) is 10.7. The van der Waals surface area contributed by atoms with Crippen LogP contribution < -0.4 is 0 Å². The minimum atomic E-state index is 0.852. The van der Waals surface area contributed by atoms with Crippen LogP contribution in [0.4, 0.5) is 0 Å². The Morgan fingerprint density at radius 3 is 2.87 bits per heavy atom. The lowest BCUT2D eigenvalue weighted by Crippen LogP contribution is -1.85. The zero-order valence-corrected chi connectivity index (χ0v) is 11.9. The zero-order valence-electron chi connectivity index (χ0n) is 8.11. The molecule has 2 aromatic rings. The number of hydrogen-bond donors (Lipinski definition) is 0. The van der Waals surface area contributed by atoms with Gasteiger partial charge in [0.1, 0.15) is 0 Å². The van der Waals surface area contributed by atoms with Crippen LogP contribution >= 0.6 is 45.9 Å². The van der Waals surface area contributed by atoms with Gasteiger partial charge < -0.3 is 0 Å². The van der Waals surface area contributed by atoms with Crippen molar-refractivity contribution in [1.82, 2.24) is 9.36 Å². The van der Waals surface area contributed by atoms with Crippen molar-refractivity contribution in [3.8, 4) is 0 Å². The topological polar surface area (TPSA) is 25.8 Å². The maximum atomic E-state index is 4.33. The van der Waals surface area contributed by atoms with Gasteiger partial charge in [0.15, 0.2) is 8.84 Å². The van der Waals surface area contributed by atoms with Crippen LogP contribution in [0.5, 0.6) is 0 Å². The van der Waals surface area contributed by atoms with Gasteiger partial charge in [0.25, 0.3) is 0 Å². The molecule has 0 radical (unpaired) electrons. The van der Waals surface area contributed by atoms with Gasteiger partial charge in [-0.2, -0.15) is 4.37 Å². The highest BCUT2D eigenvalue weighted by Gasteiger charge is 2.03. The molecule has 5 heteroatoms. The molecule has 78 valence electrons. The van der Waals surface area contributed by atoms with E-state index in [0.717, 1.165) is 14.6 Å². The van der Waals surface area contributed by atoms with Crippen LogP contribution in [0, 0.1) is 9.94 Å². The summed E-state index contributed by atoms with van der Waals surface area (Å²) in [7, 11) is 0. The van der Waals surface area contributed by atoms with E-state index in [0.29, 0.717) is 0 Å². The summed E-state index contributed by atoms with van der Waals surface area (Å²) in [5.74, 6) is 1.78. The van der Waals surface area contributed by atoms with Gasteiger partial charge in [-0.25, -0.2) is 4.98 Å². The number of aryl methyl sites for hydroxylation is 1. The third kappa shape index (κ3) is 3.15. The van der Waals surface area contributed by atoms with Gasteiger partial charge in [-0.3, -0.25) is 0 Å². The number of thioether (sulfide) groups is 1. The first-order valence-corrected chi connectivity index (χ1v) is 7.26. The van der Waals surface area contributed by atoms with Crippen molar-refractivity contribution in [3.63, 3.8) is 0 Å². The second kappa shape index (κ2) is 5.27. The maximum Gasteiger partial charge on any atom is 0.174 e. The Morgan fingerprint density at radius 2 is 2.20 bits per heavy atom. The van der Waals surface area contributed by atoms with Gasteiger partial charge in [-0.15, -0.1) is 11.8 Å². The van der Waals surface area contributed by atoms with E-state index in [-0.39, 0.29) is 0 Å². The molecular formula is C10H9IN2S2. The fourth-order valence-electron chi connectivity index (χ4n) is 1.15. The minimum absolute atomic E-state index is 0.852. The molecule has 0 atom stereocenters. The molecule has 0 spiro atoms. The highest BCUT2D eigenvalue weighted by Crippen LogP contribution is 2.25. The molecule has 1 heterocycles. The monoisotopic (exact) mass is 348 g/mol. The van der Waals surface area contributed by atoms with Crippen molar-refractivity contribution in [2.75, 3.05) is 0 Å². The Kier molecular flexibility index (Phi) is 3.99. The predicted octanol–water partition coefficient (Wildman–Crippen LogP) is 3.74. The Labute approximate surface area is 111 Å². The first-order valence-electron chi connectivity index (χ1n) is 4.42. The molecule has 1 aromatic heterocycles. The second-order valence-corrected chi connectivity index (χ2v) is 6.54. The molecule has 2 nitrogen and oxygen atoms in total. The molecule has 0 aliphatic rings. The molecule has 0 saturated heterocycles. The highest BCUT2D eigenvalue weighted by molar-refractivity contribution is 14.1. The smallest absolute Gasteiger partial charge is 0.174 e. The van der Waals surface area contributed by atoms with Crippen molar-refractivity contribution < 1.29 is 0 Å². The van der Waals surface area contributed by atoms with E-state index in [9.17, 15) is 0 Å². The molecular weight excluding hydrogens is 339 g/mol. The summed E-state index contributed by atoms with van der Waals surface area (Å²) < 4.78 is 5.27. The van der Waals surface area contributed by atoms with Gasteiger partial charge in [-0.05, 0) is 52.7 Å². The van der Waals surface area contributed by atoms with Gasteiger partial charge in [0, 0.05) is 4.90 Å². The van der Waals surface area contributed by atoms with Crippen LogP contribution in [-0.4, -0.2) is 9.36 Å². The van der Waals surface area contributed by atoms with Crippen LogP contribution in [0.25, 0.3) is 0 Å². The van der Waals surface area contributed by atoms with Crippen LogP contribution in [0.1, 0.15) is 11.4 Å². The lowest BCUT2D eigenvalue weighted by atomic mass is 10.2. The number of benzene rings is 1. The third-order valence-electron chi connectivity index (χ3n) is 1.89. The Morgan fingerprint density at radius 1 is 1.40 bits per heavy atom. The average Bonchev–Trinajstić information content (AvgIpc) is 2.63. The van der Waals surface area contributed by atoms with E-state index < -0.39 is 0 Å². The summed E-state index contributed by atoms with van der Waals surface area (Å²) >= 11 is 5.45. The number of halogens is 1. The highest BCUT2D eigenvalue weighted by atomic mass is 127. The lowest BCUT2D eigenvalue weighted by molar-refractivity contribution is 1.12. The number of aromatic nitrogens is 2. The van der Waals surface area contributed by atoms with E-state index in [1.54, 1.807) is 11.8 Å². The van der Waals surface area contributed by atoms with E-state index >= 15 is 0 Å². The minimum Gasteiger partial charge on any atom is -0.213 e. The molecule has 0 aliphatic carbocycles. The van der Waals surface area contributed by atoms with Gasteiger partial charge in [0.05, 0.1) is 5.75 Å². The van der Waals surface area contributed by atoms with Gasteiger partial charge >= 0.3 is 0 Å². The van der Waals surface area contributed by atoms with E-state index in [1.165, 1.54) is 22.0 Å². The third-order valence-corrected chi connectivity index (χ3v) is 4.44. The Bertz CT molecular complexity index is 456. The first-order chi connectivity index (χ1) is 7.25. The van der Waals surface area contributed by atoms with E-state index in [1.807, 2.05) is 0 Å². The largest absolute Gasteiger partial charge is 0.213 e. The summed E-state index contributed by atoms with van der Waals surface area (Å²) in [5, 5.41) is 0.